The molecule has 2 aromatic carbocycles. The van der Waals surface area contributed by atoms with E-state index in [0.29, 0.717) is 0 Å². The van der Waals surface area contributed by atoms with Crippen molar-refractivity contribution < 1.29 is 0 Å². The van der Waals surface area contributed by atoms with Crippen LogP contribution in [0.4, 0.5) is 0 Å². The van der Waals surface area contributed by atoms with E-state index in [-0.39, 0.29) is 10.8 Å². The van der Waals surface area contributed by atoms with Crippen LogP contribution in [-0.2, 0) is 17.3 Å². The van der Waals surface area contributed by atoms with Crippen LogP contribution < -0.4 is 0 Å². The molecule has 0 amide bonds. The maximum atomic E-state index is 3.72. The van der Waals surface area contributed by atoms with Gasteiger partial charge in [0.15, 0.2) is 0 Å². The Balaban J connectivity index is 2.45. The highest BCUT2D eigenvalue weighted by molar-refractivity contribution is 6.09. The van der Waals surface area contributed by atoms with E-state index in [1.807, 2.05) is 0 Å². The van der Waals surface area contributed by atoms with Crippen molar-refractivity contribution >= 4 is 21.8 Å². The maximum absolute atomic E-state index is 3.72. The lowest BCUT2D eigenvalue weighted by atomic mass is 9.83. The molecule has 0 saturated heterocycles. The Kier molecular flexibility index (Phi) is 3.82. The molecular weight excluding hydrogens is 290 g/mol. The highest BCUT2D eigenvalue weighted by atomic mass is 14.7. The van der Waals surface area contributed by atoms with Gasteiger partial charge in [-0.25, -0.2) is 0 Å². The molecule has 0 atom stereocenters. The fraction of sp³-hybridized carbons (Fsp3) is 0.478. The van der Waals surface area contributed by atoms with Crippen molar-refractivity contribution in [2.75, 3.05) is 0 Å². The van der Waals surface area contributed by atoms with Crippen molar-refractivity contribution in [3.8, 4) is 0 Å². The minimum atomic E-state index is 0.164. The predicted octanol–water partition coefficient (Wildman–Crippen LogP) is 6.79. The molecule has 0 aliphatic rings. The first-order valence-corrected chi connectivity index (χ1v) is 9.12. The smallest absolute Gasteiger partial charge is 0.0497 e. The van der Waals surface area contributed by atoms with Gasteiger partial charge in [-0.3, -0.25) is 0 Å². The van der Waals surface area contributed by atoms with Gasteiger partial charge in [0, 0.05) is 21.8 Å². The summed E-state index contributed by atoms with van der Waals surface area (Å²) in [6, 6.07) is 9.53. The lowest BCUT2D eigenvalue weighted by Gasteiger charge is -2.21. The molecule has 1 N–H and O–H groups in total. The highest BCUT2D eigenvalue weighted by Gasteiger charge is 2.20. The topological polar surface area (TPSA) is 15.8 Å². The molecule has 0 spiro atoms. The number of nitrogens with one attached hydrogen (secondary N) is 1. The number of fused-ring (bicyclic) bond motifs is 3. The zero-order valence-electron chi connectivity index (χ0n) is 16.5. The average molecular weight is 322 g/mol. The largest absolute Gasteiger partial charge is 0.354 e. The van der Waals surface area contributed by atoms with Gasteiger partial charge in [0.05, 0.1) is 0 Å². The van der Waals surface area contributed by atoms with Gasteiger partial charge in [-0.15, -0.1) is 0 Å². The molecule has 1 heteroatoms. The number of H-pyrrole nitrogens is 1. The monoisotopic (exact) mass is 321 g/mol. The number of rotatable bonds is 1. The second kappa shape index (κ2) is 5.37. The van der Waals surface area contributed by atoms with E-state index in [9.17, 15) is 0 Å². The summed E-state index contributed by atoms with van der Waals surface area (Å²) in [7, 11) is 0. The Morgan fingerprint density at radius 1 is 0.750 bits per heavy atom. The molecule has 0 aliphatic carbocycles. The van der Waals surface area contributed by atoms with Crippen LogP contribution in [0, 0.1) is 6.92 Å². The SMILES string of the molecule is CCc1cc(C(C)(C)C)cc2c1[nH]c1c(C)cc(C(C)(C)C)cc12. The summed E-state index contributed by atoms with van der Waals surface area (Å²) in [5.41, 5.74) is 8.53. The van der Waals surface area contributed by atoms with Crippen molar-refractivity contribution in [1.29, 1.82) is 0 Å². The molecule has 0 aliphatic heterocycles. The highest BCUT2D eigenvalue weighted by Crippen LogP contribution is 2.37. The van der Waals surface area contributed by atoms with Gasteiger partial charge in [0.25, 0.3) is 0 Å². The van der Waals surface area contributed by atoms with Crippen LogP contribution in [0.15, 0.2) is 24.3 Å². The third kappa shape index (κ3) is 2.75. The Bertz CT molecular complexity index is 911. The number of aryl methyl sites for hydroxylation is 2. The normalized spacial score (nSPS) is 13.2. The fourth-order valence-electron chi connectivity index (χ4n) is 3.50. The number of aromatic nitrogens is 1. The Morgan fingerprint density at radius 2 is 1.25 bits per heavy atom. The summed E-state index contributed by atoms with van der Waals surface area (Å²) < 4.78 is 0. The lowest BCUT2D eigenvalue weighted by molar-refractivity contribution is 0.590. The van der Waals surface area contributed by atoms with Crippen LogP contribution in [0.1, 0.15) is 70.7 Å². The van der Waals surface area contributed by atoms with Gasteiger partial charge in [0.1, 0.15) is 0 Å². The molecule has 3 rings (SSSR count). The molecule has 0 unspecified atom stereocenters. The van der Waals surface area contributed by atoms with Gasteiger partial charge >= 0.3 is 0 Å². The fourth-order valence-corrected chi connectivity index (χ4v) is 3.50. The van der Waals surface area contributed by atoms with Crippen molar-refractivity contribution in [2.24, 2.45) is 0 Å². The molecule has 3 aromatic rings. The maximum Gasteiger partial charge on any atom is 0.0497 e. The molecule has 0 saturated carbocycles. The van der Waals surface area contributed by atoms with Crippen molar-refractivity contribution in [3.05, 3.63) is 46.5 Å². The van der Waals surface area contributed by atoms with Gasteiger partial charge in [-0.1, -0.05) is 60.6 Å². The first-order valence-electron chi connectivity index (χ1n) is 9.12. The Morgan fingerprint density at radius 3 is 1.75 bits per heavy atom. The standard InChI is InChI=1S/C23H31N/c1-9-15-11-17(23(6,7)8)13-19-18-12-16(22(3,4)5)10-14(2)20(18)24-21(15)19/h10-13,24H,9H2,1-8H3. The molecule has 0 bridgehead atoms. The van der Waals surface area contributed by atoms with Gasteiger partial charge in [0.2, 0.25) is 0 Å². The molecule has 24 heavy (non-hydrogen) atoms. The van der Waals surface area contributed by atoms with Crippen LogP contribution in [0.2, 0.25) is 0 Å². The second-order valence-corrected chi connectivity index (χ2v) is 9.25. The Labute approximate surface area is 146 Å². The van der Waals surface area contributed by atoms with E-state index >= 15 is 0 Å². The Hall–Kier alpha value is -1.76. The summed E-state index contributed by atoms with van der Waals surface area (Å²) in [4.78, 5) is 3.72. The molecule has 0 fully saturated rings. The minimum Gasteiger partial charge on any atom is -0.354 e. The summed E-state index contributed by atoms with van der Waals surface area (Å²) in [6.45, 7) is 18.3. The quantitative estimate of drug-likeness (QED) is 0.508. The predicted molar refractivity (Wildman–Crippen MR) is 107 cm³/mol. The zero-order valence-corrected chi connectivity index (χ0v) is 16.5. The van der Waals surface area contributed by atoms with Crippen LogP contribution in [0.25, 0.3) is 21.8 Å². The molecule has 1 nitrogen and oxygen atoms in total. The van der Waals surface area contributed by atoms with Crippen LogP contribution in [-0.4, -0.2) is 4.98 Å². The molecule has 1 heterocycles. The lowest BCUT2D eigenvalue weighted by Crippen LogP contribution is -2.11. The first-order chi connectivity index (χ1) is 11.0. The number of hydrogen-bond donors (Lipinski definition) is 1. The first kappa shape index (κ1) is 17.1. The number of hydrogen-bond acceptors (Lipinski definition) is 0. The molecule has 1 aromatic heterocycles. The van der Waals surface area contributed by atoms with Gasteiger partial charge < -0.3 is 4.98 Å². The van der Waals surface area contributed by atoms with E-state index in [0.717, 1.165) is 6.42 Å². The summed E-state index contributed by atoms with van der Waals surface area (Å²) in [5.74, 6) is 0. The minimum absolute atomic E-state index is 0.164. The van der Waals surface area contributed by atoms with Crippen LogP contribution in [0.5, 0.6) is 0 Å². The summed E-state index contributed by atoms with van der Waals surface area (Å²) in [5, 5.41) is 2.75. The molecule has 128 valence electrons. The van der Waals surface area contributed by atoms with Crippen molar-refractivity contribution in [3.63, 3.8) is 0 Å². The van der Waals surface area contributed by atoms with Crippen molar-refractivity contribution in [1.82, 2.24) is 4.98 Å². The van der Waals surface area contributed by atoms with E-state index < -0.39 is 0 Å². The van der Waals surface area contributed by atoms with Crippen LogP contribution in [0.3, 0.4) is 0 Å². The molecular formula is C23H31N. The van der Waals surface area contributed by atoms with Crippen molar-refractivity contribution in [2.45, 2.75) is 72.6 Å². The number of benzene rings is 2. The van der Waals surface area contributed by atoms with E-state index in [4.69, 9.17) is 0 Å². The van der Waals surface area contributed by atoms with Gasteiger partial charge in [-0.05, 0) is 58.6 Å². The zero-order chi connectivity index (χ0) is 17.9. The average Bonchev–Trinajstić information content (AvgIpc) is 2.84. The molecule has 0 radical (unpaired) electrons. The van der Waals surface area contributed by atoms with Crippen LogP contribution >= 0.6 is 0 Å². The number of aromatic amines is 1. The summed E-state index contributed by atoms with van der Waals surface area (Å²) >= 11 is 0. The van der Waals surface area contributed by atoms with E-state index in [1.54, 1.807) is 0 Å². The van der Waals surface area contributed by atoms with E-state index in [1.165, 1.54) is 44.1 Å². The third-order valence-corrected chi connectivity index (χ3v) is 5.21. The van der Waals surface area contributed by atoms with E-state index in [2.05, 4.69) is 84.6 Å². The second-order valence-electron chi connectivity index (χ2n) is 9.25. The van der Waals surface area contributed by atoms with Gasteiger partial charge in [-0.2, -0.15) is 0 Å². The third-order valence-electron chi connectivity index (χ3n) is 5.21. The summed E-state index contributed by atoms with van der Waals surface area (Å²) in [6.07, 6.45) is 1.05.